The third-order valence-electron chi connectivity index (χ3n) is 3.58. The Kier molecular flexibility index (Phi) is 4.77. The maximum atomic E-state index is 5.75. The first kappa shape index (κ1) is 14.6. The molecule has 3 heteroatoms. The van der Waals surface area contributed by atoms with Crippen molar-refractivity contribution in [2.24, 2.45) is 5.84 Å². The zero-order valence-corrected chi connectivity index (χ0v) is 12.3. The van der Waals surface area contributed by atoms with Crippen LogP contribution in [-0.4, -0.2) is 7.11 Å². The van der Waals surface area contributed by atoms with E-state index in [0.29, 0.717) is 0 Å². The van der Waals surface area contributed by atoms with Gasteiger partial charge in [-0.2, -0.15) is 0 Å². The van der Waals surface area contributed by atoms with Gasteiger partial charge in [0, 0.05) is 0 Å². The summed E-state index contributed by atoms with van der Waals surface area (Å²) in [5, 5.41) is 0. The van der Waals surface area contributed by atoms with E-state index in [-0.39, 0.29) is 6.04 Å². The fourth-order valence-electron chi connectivity index (χ4n) is 2.51. The van der Waals surface area contributed by atoms with Gasteiger partial charge in [0.2, 0.25) is 0 Å². The van der Waals surface area contributed by atoms with Gasteiger partial charge in [-0.1, -0.05) is 35.9 Å². The number of ether oxygens (including phenoxy) is 1. The Morgan fingerprint density at radius 2 is 1.95 bits per heavy atom. The summed E-state index contributed by atoms with van der Waals surface area (Å²) < 4.78 is 5.26. The highest BCUT2D eigenvalue weighted by atomic mass is 16.5. The van der Waals surface area contributed by atoms with Crippen molar-refractivity contribution in [3.63, 3.8) is 0 Å². The Balaban J connectivity index is 2.23. The van der Waals surface area contributed by atoms with Gasteiger partial charge in [0.25, 0.3) is 0 Å². The Bertz CT molecular complexity index is 581. The fourth-order valence-corrected chi connectivity index (χ4v) is 2.51. The normalized spacial score (nSPS) is 12.2. The third-order valence-corrected chi connectivity index (χ3v) is 3.58. The van der Waals surface area contributed by atoms with Crippen molar-refractivity contribution >= 4 is 0 Å². The summed E-state index contributed by atoms with van der Waals surface area (Å²) in [5.74, 6) is 6.62. The molecule has 0 saturated heterocycles. The van der Waals surface area contributed by atoms with E-state index in [0.717, 1.165) is 12.2 Å². The molecular weight excluding hydrogens is 248 g/mol. The first-order valence-electron chi connectivity index (χ1n) is 6.80. The number of rotatable bonds is 5. The predicted molar refractivity (Wildman–Crippen MR) is 82.7 cm³/mol. The van der Waals surface area contributed by atoms with E-state index in [4.69, 9.17) is 10.6 Å². The first-order valence-corrected chi connectivity index (χ1v) is 6.80. The van der Waals surface area contributed by atoms with E-state index >= 15 is 0 Å². The highest BCUT2D eigenvalue weighted by Gasteiger charge is 2.13. The van der Waals surface area contributed by atoms with Crippen molar-refractivity contribution < 1.29 is 4.74 Å². The molecule has 0 amide bonds. The van der Waals surface area contributed by atoms with Gasteiger partial charge in [-0.05, 0) is 49.1 Å². The van der Waals surface area contributed by atoms with Gasteiger partial charge < -0.3 is 4.74 Å². The molecule has 0 heterocycles. The quantitative estimate of drug-likeness (QED) is 0.648. The van der Waals surface area contributed by atoms with E-state index in [9.17, 15) is 0 Å². The monoisotopic (exact) mass is 270 g/mol. The highest BCUT2D eigenvalue weighted by molar-refractivity contribution is 5.35. The standard InChI is InChI=1S/C17H22N2O/c1-12-7-8-16(13(2)9-12)17(19-18)11-14-5-4-6-15(10-14)20-3/h4-10,17,19H,11,18H2,1-3H3. The lowest BCUT2D eigenvalue weighted by Crippen LogP contribution is -2.30. The molecule has 0 spiro atoms. The number of nitrogens with one attached hydrogen (secondary N) is 1. The van der Waals surface area contributed by atoms with Gasteiger partial charge in [0.1, 0.15) is 5.75 Å². The smallest absolute Gasteiger partial charge is 0.119 e. The van der Waals surface area contributed by atoms with Crippen LogP contribution in [-0.2, 0) is 6.42 Å². The molecule has 2 aromatic rings. The molecule has 0 bridgehead atoms. The minimum Gasteiger partial charge on any atom is -0.497 e. The van der Waals surface area contributed by atoms with E-state index in [1.54, 1.807) is 7.11 Å². The van der Waals surface area contributed by atoms with Crippen LogP contribution in [0.1, 0.15) is 28.3 Å². The molecule has 0 radical (unpaired) electrons. The number of aryl methyl sites for hydroxylation is 2. The summed E-state index contributed by atoms with van der Waals surface area (Å²) in [6, 6.07) is 14.7. The SMILES string of the molecule is COc1cccc(CC(NN)c2ccc(C)cc2C)c1. The lowest BCUT2D eigenvalue weighted by Gasteiger charge is -2.19. The van der Waals surface area contributed by atoms with Gasteiger partial charge in [0.05, 0.1) is 13.2 Å². The van der Waals surface area contributed by atoms with Crippen molar-refractivity contribution in [3.05, 3.63) is 64.7 Å². The van der Waals surface area contributed by atoms with Gasteiger partial charge in [-0.3, -0.25) is 11.3 Å². The molecule has 2 rings (SSSR count). The minimum atomic E-state index is 0.0997. The molecule has 1 unspecified atom stereocenters. The highest BCUT2D eigenvalue weighted by Crippen LogP contribution is 2.23. The maximum absolute atomic E-state index is 5.75. The van der Waals surface area contributed by atoms with Gasteiger partial charge in [0.15, 0.2) is 0 Å². The van der Waals surface area contributed by atoms with Crippen LogP contribution in [0.4, 0.5) is 0 Å². The topological polar surface area (TPSA) is 47.3 Å². The molecular formula is C17H22N2O. The number of hydrogen-bond donors (Lipinski definition) is 2. The number of hydrazine groups is 1. The van der Waals surface area contributed by atoms with E-state index in [1.807, 2.05) is 18.2 Å². The molecule has 0 aliphatic heterocycles. The molecule has 0 aliphatic carbocycles. The molecule has 0 aliphatic rings. The Morgan fingerprint density at radius 1 is 1.15 bits per heavy atom. The summed E-state index contributed by atoms with van der Waals surface area (Å²) in [4.78, 5) is 0. The van der Waals surface area contributed by atoms with E-state index in [2.05, 4.69) is 43.5 Å². The predicted octanol–water partition coefficient (Wildman–Crippen LogP) is 3.06. The number of nitrogens with two attached hydrogens (primary N) is 1. The second kappa shape index (κ2) is 6.55. The molecule has 3 N–H and O–H groups in total. The first-order chi connectivity index (χ1) is 9.63. The summed E-state index contributed by atoms with van der Waals surface area (Å²) in [7, 11) is 1.68. The summed E-state index contributed by atoms with van der Waals surface area (Å²) >= 11 is 0. The summed E-state index contributed by atoms with van der Waals surface area (Å²) in [6.07, 6.45) is 0.831. The molecule has 1 atom stereocenters. The Labute approximate surface area is 120 Å². The van der Waals surface area contributed by atoms with Crippen LogP contribution in [0.5, 0.6) is 5.75 Å². The fraction of sp³-hybridized carbons (Fsp3) is 0.294. The van der Waals surface area contributed by atoms with Crippen LogP contribution < -0.4 is 16.0 Å². The van der Waals surface area contributed by atoms with Crippen molar-refractivity contribution in [2.45, 2.75) is 26.3 Å². The zero-order valence-electron chi connectivity index (χ0n) is 12.3. The molecule has 20 heavy (non-hydrogen) atoms. The van der Waals surface area contributed by atoms with Gasteiger partial charge >= 0.3 is 0 Å². The molecule has 0 saturated carbocycles. The van der Waals surface area contributed by atoms with E-state index in [1.165, 1.54) is 22.3 Å². The summed E-state index contributed by atoms with van der Waals surface area (Å²) in [6.45, 7) is 4.22. The largest absolute Gasteiger partial charge is 0.497 e. The number of methoxy groups -OCH3 is 1. The van der Waals surface area contributed by atoms with Crippen LogP contribution in [0.2, 0.25) is 0 Å². The summed E-state index contributed by atoms with van der Waals surface area (Å²) in [5.41, 5.74) is 7.89. The van der Waals surface area contributed by atoms with Crippen molar-refractivity contribution in [2.75, 3.05) is 7.11 Å². The second-order valence-corrected chi connectivity index (χ2v) is 5.13. The lowest BCUT2D eigenvalue weighted by molar-refractivity contribution is 0.414. The number of hydrogen-bond acceptors (Lipinski definition) is 3. The maximum Gasteiger partial charge on any atom is 0.119 e. The van der Waals surface area contributed by atoms with Gasteiger partial charge in [-0.15, -0.1) is 0 Å². The average molecular weight is 270 g/mol. The van der Waals surface area contributed by atoms with Crippen LogP contribution in [0, 0.1) is 13.8 Å². The Morgan fingerprint density at radius 3 is 2.60 bits per heavy atom. The van der Waals surface area contributed by atoms with Crippen LogP contribution in [0.3, 0.4) is 0 Å². The van der Waals surface area contributed by atoms with Crippen LogP contribution >= 0.6 is 0 Å². The van der Waals surface area contributed by atoms with Crippen LogP contribution in [0.15, 0.2) is 42.5 Å². The average Bonchev–Trinajstić information content (AvgIpc) is 2.45. The van der Waals surface area contributed by atoms with Crippen molar-refractivity contribution in [1.82, 2.24) is 5.43 Å². The minimum absolute atomic E-state index is 0.0997. The van der Waals surface area contributed by atoms with Gasteiger partial charge in [-0.25, -0.2) is 0 Å². The molecule has 106 valence electrons. The molecule has 3 nitrogen and oxygen atoms in total. The third kappa shape index (κ3) is 3.38. The zero-order chi connectivity index (χ0) is 14.5. The number of benzene rings is 2. The van der Waals surface area contributed by atoms with E-state index < -0.39 is 0 Å². The van der Waals surface area contributed by atoms with Crippen molar-refractivity contribution in [1.29, 1.82) is 0 Å². The lowest BCUT2D eigenvalue weighted by atomic mass is 9.94. The Hall–Kier alpha value is -1.84. The molecule has 0 fully saturated rings. The van der Waals surface area contributed by atoms with Crippen LogP contribution in [0.25, 0.3) is 0 Å². The molecule has 0 aromatic heterocycles. The van der Waals surface area contributed by atoms with Crippen molar-refractivity contribution in [3.8, 4) is 5.75 Å². The molecule has 2 aromatic carbocycles. The second-order valence-electron chi connectivity index (χ2n) is 5.13.